The molecule has 1 saturated carbocycles. The zero-order chi connectivity index (χ0) is 29.0. The normalized spacial score (nSPS) is 21.0. The van der Waals surface area contributed by atoms with Crippen molar-refractivity contribution in [1.82, 2.24) is 19.8 Å². The smallest absolute Gasteiger partial charge is 0.153 e. The summed E-state index contributed by atoms with van der Waals surface area (Å²) in [5.41, 5.74) is 5.15. The molecule has 0 radical (unpaired) electrons. The molecule has 2 aromatic carbocycles. The maximum absolute atomic E-state index is 14.0. The number of piperazine rings is 1. The van der Waals surface area contributed by atoms with Gasteiger partial charge in [0.05, 0.1) is 30.4 Å². The van der Waals surface area contributed by atoms with Crippen molar-refractivity contribution in [2.24, 2.45) is 5.41 Å². The lowest BCUT2D eigenvalue weighted by molar-refractivity contribution is -0.0380. The topological polar surface area (TPSA) is 73.9 Å². The minimum atomic E-state index is -0.384. The van der Waals surface area contributed by atoms with E-state index in [9.17, 15) is 9.18 Å². The Balaban J connectivity index is 0.830. The number of aromatic amines is 1. The number of nitrogens with zero attached hydrogens (tertiary/aromatic N) is 4. The predicted octanol–water partition coefficient (Wildman–Crippen LogP) is 5.21. The van der Waals surface area contributed by atoms with E-state index in [4.69, 9.17) is 9.47 Å². The zero-order valence-corrected chi connectivity index (χ0v) is 24.2. The average Bonchev–Trinajstić information content (AvgIpc) is 3.32. The molecule has 4 fully saturated rings. The third-order valence-electron chi connectivity index (χ3n) is 9.98. The molecule has 9 heteroatoms. The van der Waals surface area contributed by atoms with Gasteiger partial charge in [-0.1, -0.05) is 24.3 Å². The van der Waals surface area contributed by atoms with Crippen molar-refractivity contribution in [3.63, 3.8) is 0 Å². The monoisotopic (exact) mass is 581 g/mol. The second-order valence-electron chi connectivity index (χ2n) is 12.9. The van der Waals surface area contributed by atoms with Crippen LogP contribution >= 0.6 is 0 Å². The van der Waals surface area contributed by atoms with Gasteiger partial charge < -0.3 is 19.4 Å². The molecule has 1 spiro atoms. The van der Waals surface area contributed by atoms with Crippen LogP contribution in [0, 0.1) is 11.2 Å². The highest BCUT2D eigenvalue weighted by Crippen LogP contribution is 2.52. The van der Waals surface area contributed by atoms with Gasteiger partial charge in [0.15, 0.2) is 6.29 Å². The molecule has 8 rings (SSSR count). The lowest BCUT2D eigenvalue weighted by Crippen LogP contribution is -2.68. The lowest BCUT2D eigenvalue weighted by atomic mass is 9.60. The Morgan fingerprint density at radius 1 is 1.05 bits per heavy atom. The third-order valence-corrected chi connectivity index (χ3v) is 9.98. The number of fused-ring (bicyclic) bond motifs is 1. The van der Waals surface area contributed by atoms with Crippen molar-refractivity contribution in [3.05, 3.63) is 83.4 Å². The molecule has 0 amide bonds. The number of H-pyrrole nitrogens is 1. The Kier molecular flexibility index (Phi) is 6.69. The highest BCUT2D eigenvalue weighted by molar-refractivity contribution is 5.82. The maximum Gasteiger partial charge on any atom is 0.153 e. The van der Waals surface area contributed by atoms with E-state index in [1.54, 1.807) is 12.1 Å². The standard InChI is InChI=1S/C34H36FN5O3/c35-31-16-37-33-30(31)12-29(15-36-33)43-32-11-27(6-5-25(32)18-41)40-21-34(22-40)13-28(14-34)39-9-7-38(8-10-39)17-23-1-3-24(4-2-23)26-19-42-20-26/h1-6,11-12,15-16,18,26,28H,7-10,13-14,17,19-22H2,(H,36,37). The summed E-state index contributed by atoms with van der Waals surface area (Å²) in [5, 5.41) is 0.358. The molecular formula is C34H36FN5O3. The molecule has 222 valence electrons. The van der Waals surface area contributed by atoms with Crippen molar-refractivity contribution < 1.29 is 18.7 Å². The van der Waals surface area contributed by atoms with Crippen molar-refractivity contribution in [2.45, 2.75) is 31.3 Å². The Morgan fingerprint density at radius 3 is 2.56 bits per heavy atom. The Bertz CT molecular complexity index is 1630. The van der Waals surface area contributed by atoms with E-state index in [1.165, 1.54) is 36.4 Å². The van der Waals surface area contributed by atoms with Gasteiger partial charge in [0, 0.05) is 81.1 Å². The van der Waals surface area contributed by atoms with Crippen LogP contribution in [0.4, 0.5) is 10.1 Å². The molecule has 3 saturated heterocycles. The van der Waals surface area contributed by atoms with Gasteiger partial charge in [-0.15, -0.1) is 0 Å². The van der Waals surface area contributed by atoms with E-state index in [1.807, 2.05) is 12.1 Å². The van der Waals surface area contributed by atoms with Crippen molar-refractivity contribution >= 4 is 23.0 Å². The first-order chi connectivity index (χ1) is 21.0. The number of halogens is 1. The molecule has 3 aliphatic heterocycles. The summed E-state index contributed by atoms with van der Waals surface area (Å²) in [6, 6.07) is 17.1. The average molecular weight is 582 g/mol. The second-order valence-corrected chi connectivity index (χ2v) is 12.9. The van der Waals surface area contributed by atoms with Crippen LogP contribution in [0.3, 0.4) is 0 Å². The number of carbonyl (C=O) groups is 1. The Labute approximate surface area is 250 Å². The molecule has 8 nitrogen and oxygen atoms in total. The maximum atomic E-state index is 14.0. The number of pyridine rings is 1. The second kappa shape index (κ2) is 10.7. The molecule has 4 aliphatic rings. The first kappa shape index (κ1) is 26.8. The Morgan fingerprint density at radius 2 is 1.84 bits per heavy atom. The highest BCUT2D eigenvalue weighted by atomic mass is 19.1. The van der Waals surface area contributed by atoms with Crippen molar-refractivity contribution in [2.75, 3.05) is 57.4 Å². The molecule has 4 aromatic rings. The number of nitrogens with one attached hydrogen (secondary N) is 1. The van der Waals surface area contributed by atoms with E-state index in [-0.39, 0.29) is 5.82 Å². The summed E-state index contributed by atoms with van der Waals surface area (Å²) in [4.78, 5) is 26.4. The summed E-state index contributed by atoms with van der Waals surface area (Å²) in [6.45, 7) is 9.33. The van der Waals surface area contributed by atoms with Gasteiger partial charge in [-0.3, -0.25) is 14.6 Å². The minimum Gasteiger partial charge on any atom is -0.455 e. The first-order valence-corrected chi connectivity index (χ1v) is 15.3. The van der Waals surface area contributed by atoms with Crippen LogP contribution in [0.5, 0.6) is 11.5 Å². The molecule has 0 bridgehead atoms. The van der Waals surface area contributed by atoms with E-state index in [0.29, 0.717) is 45.5 Å². The first-order valence-electron chi connectivity index (χ1n) is 15.3. The number of benzene rings is 2. The molecular weight excluding hydrogens is 545 g/mol. The molecule has 0 unspecified atom stereocenters. The summed E-state index contributed by atoms with van der Waals surface area (Å²) < 4.78 is 25.4. The van der Waals surface area contributed by atoms with Crippen LogP contribution in [0.15, 0.2) is 60.9 Å². The number of rotatable bonds is 8. The lowest BCUT2D eigenvalue weighted by Gasteiger charge is -2.62. The van der Waals surface area contributed by atoms with Gasteiger partial charge in [-0.25, -0.2) is 9.37 Å². The van der Waals surface area contributed by atoms with E-state index in [0.717, 1.165) is 71.0 Å². The molecule has 5 heterocycles. The van der Waals surface area contributed by atoms with Crippen LogP contribution in [-0.4, -0.2) is 84.6 Å². The number of ether oxygens (including phenoxy) is 2. The number of hydrogen-bond donors (Lipinski definition) is 1. The molecule has 43 heavy (non-hydrogen) atoms. The number of aldehydes is 1. The van der Waals surface area contributed by atoms with Gasteiger partial charge >= 0.3 is 0 Å². The van der Waals surface area contributed by atoms with Crippen molar-refractivity contribution in [3.8, 4) is 11.5 Å². The molecule has 0 atom stereocenters. The van der Waals surface area contributed by atoms with Gasteiger partial charge in [-0.05, 0) is 42.2 Å². The van der Waals surface area contributed by atoms with Gasteiger partial charge in [0.2, 0.25) is 0 Å². The van der Waals surface area contributed by atoms with Crippen LogP contribution < -0.4 is 9.64 Å². The summed E-state index contributed by atoms with van der Waals surface area (Å²) in [7, 11) is 0. The van der Waals surface area contributed by atoms with Crippen LogP contribution in [-0.2, 0) is 11.3 Å². The van der Waals surface area contributed by atoms with Crippen LogP contribution in [0.2, 0.25) is 0 Å². The van der Waals surface area contributed by atoms with Crippen LogP contribution in [0.25, 0.3) is 11.0 Å². The van der Waals surface area contributed by atoms with E-state index >= 15 is 0 Å². The SMILES string of the molecule is O=Cc1ccc(N2CC3(CC(N4CCN(Cc5ccc(C6COC6)cc5)CC4)C3)C2)cc1Oc1cnc2[nH]cc(F)c2c1. The predicted molar refractivity (Wildman–Crippen MR) is 162 cm³/mol. The fraction of sp³-hybridized carbons (Fsp3) is 0.412. The largest absolute Gasteiger partial charge is 0.455 e. The summed E-state index contributed by atoms with van der Waals surface area (Å²) in [5.74, 6) is 1.05. The van der Waals surface area contributed by atoms with Crippen LogP contribution in [0.1, 0.15) is 40.2 Å². The molecule has 1 aliphatic carbocycles. The number of anilines is 1. The zero-order valence-electron chi connectivity index (χ0n) is 24.2. The molecule has 2 aromatic heterocycles. The van der Waals surface area contributed by atoms with E-state index < -0.39 is 0 Å². The fourth-order valence-electron chi connectivity index (χ4n) is 7.31. The van der Waals surface area contributed by atoms with Gasteiger partial charge in [0.25, 0.3) is 0 Å². The molecule has 1 N–H and O–H groups in total. The fourth-order valence-corrected chi connectivity index (χ4v) is 7.31. The number of aromatic nitrogens is 2. The number of hydrogen-bond acceptors (Lipinski definition) is 7. The quantitative estimate of drug-likeness (QED) is 0.287. The third kappa shape index (κ3) is 5.09. The van der Waals surface area contributed by atoms with Gasteiger partial charge in [-0.2, -0.15) is 0 Å². The summed E-state index contributed by atoms with van der Waals surface area (Å²) in [6.07, 6.45) is 6.10. The van der Waals surface area contributed by atoms with Gasteiger partial charge in [0.1, 0.15) is 23.0 Å². The van der Waals surface area contributed by atoms with Crippen molar-refractivity contribution in [1.29, 1.82) is 0 Å². The summed E-state index contributed by atoms with van der Waals surface area (Å²) >= 11 is 0. The highest BCUT2D eigenvalue weighted by Gasteiger charge is 2.54. The Hall–Kier alpha value is -3.79. The van der Waals surface area contributed by atoms with E-state index in [2.05, 4.69) is 48.9 Å². The number of carbonyl (C=O) groups excluding carboxylic acids is 1. The minimum absolute atomic E-state index is 0.358.